The van der Waals surface area contributed by atoms with Crippen LogP contribution in [-0.4, -0.2) is 23.1 Å². The number of aryl methyl sites for hydroxylation is 2. The third kappa shape index (κ3) is 3.30. The van der Waals surface area contributed by atoms with Gasteiger partial charge in [0.15, 0.2) is 5.82 Å². The fourth-order valence-electron chi connectivity index (χ4n) is 2.03. The average Bonchev–Trinajstić information content (AvgIpc) is 2.43. The fraction of sp³-hybridized carbons (Fsp3) is 0.333. The van der Waals surface area contributed by atoms with Crippen LogP contribution in [0.15, 0.2) is 30.5 Å². The molecule has 0 atom stereocenters. The first kappa shape index (κ1) is 14.4. The molecule has 0 spiro atoms. The first-order valence-corrected chi connectivity index (χ1v) is 6.65. The second-order valence-corrected chi connectivity index (χ2v) is 4.69. The van der Waals surface area contributed by atoms with Crippen LogP contribution in [0.25, 0.3) is 0 Å². The highest BCUT2D eigenvalue weighted by Crippen LogP contribution is 2.26. The van der Waals surface area contributed by atoms with Crippen molar-refractivity contribution in [2.75, 3.05) is 18.0 Å². The van der Waals surface area contributed by atoms with Crippen molar-refractivity contribution < 1.29 is 4.39 Å². The number of nitrogens with two attached hydrogens (primary N) is 1. The minimum absolute atomic E-state index is 0.265. The Kier molecular flexibility index (Phi) is 4.63. The number of benzene rings is 1. The summed E-state index contributed by atoms with van der Waals surface area (Å²) in [5, 5.41) is 0. The predicted molar refractivity (Wildman–Crippen MR) is 78.6 cm³/mol. The molecule has 0 amide bonds. The Morgan fingerprint density at radius 3 is 2.80 bits per heavy atom. The molecule has 1 aromatic heterocycles. The van der Waals surface area contributed by atoms with Crippen molar-refractivity contribution in [3.63, 3.8) is 0 Å². The van der Waals surface area contributed by atoms with Crippen LogP contribution in [0.1, 0.15) is 17.8 Å². The lowest BCUT2D eigenvalue weighted by atomic mass is 10.2. The fourth-order valence-corrected chi connectivity index (χ4v) is 2.03. The van der Waals surface area contributed by atoms with Gasteiger partial charge in [-0.2, -0.15) is 0 Å². The molecular formula is C15H19FN4. The van der Waals surface area contributed by atoms with Gasteiger partial charge in [-0.15, -0.1) is 0 Å². The van der Waals surface area contributed by atoms with Crippen LogP contribution in [0.3, 0.4) is 0 Å². The number of rotatable bonds is 5. The first-order valence-electron chi connectivity index (χ1n) is 6.65. The normalized spacial score (nSPS) is 10.6. The molecule has 0 unspecified atom stereocenters. The van der Waals surface area contributed by atoms with E-state index in [1.807, 2.05) is 24.8 Å². The van der Waals surface area contributed by atoms with Gasteiger partial charge >= 0.3 is 0 Å². The highest BCUT2D eigenvalue weighted by atomic mass is 19.1. The molecule has 2 aromatic rings. The van der Waals surface area contributed by atoms with Gasteiger partial charge in [0.2, 0.25) is 0 Å². The quantitative estimate of drug-likeness (QED) is 0.910. The van der Waals surface area contributed by atoms with E-state index in [2.05, 4.69) is 9.97 Å². The van der Waals surface area contributed by atoms with Crippen molar-refractivity contribution in [3.8, 4) is 0 Å². The molecule has 0 aliphatic rings. The maximum atomic E-state index is 13.5. The molecule has 0 saturated carbocycles. The molecule has 0 aliphatic heterocycles. The zero-order valence-corrected chi connectivity index (χ0v) is 11.8. The van der Waals surface area contributed by atoms with Gasteiger partial charge in [-0.05, 0) is 45.0 Å². The SMILES string of the molecule is Cc1cnc(C)c(N(CCCN)c2cccc(F)c2)n1. The molecular weight excluding hydrogens is 255 g/mol. The van der Waals surface area contributed by atoms with E-state index in [1.54, 1.807) is 12.3 Å². The molecule has 2 N–H and O–H groups in total. The van der Waals surface area contributed by atoms with Crippen LogP contribution in [0, 0.1) is 19.7 Å². The highest BCUT2D eigenvalue weighted by Gasteiger charge is 2.14. The van der Waals surface area contributed by atoms with Gasteiger partial charge in [-0.1, -0.05) is 6.07 Å². The zero-order chi connectivity index (χ0) is 14.5. The maximum absolute atomic E-state index is 13.5. The van der Waals surface area contributed by atoms with Gasteiger partial charge in [-0.25, -0.2) is 9.37 Å². The topological polar surface area (TPSA) is 55.0 Å². The van der Waals surface area contributed by atoms with E-state index in [0.29, 0.717) is 13.1 Å². The Hall–Kier alpha value is -2.01. The number of aromatic nitrogens is 2. The summed E-state index contributed by atoms with van der Waals surface area (Å²) in [6.45, 7) is 5.04. The van der Waals surface area contributed by atoms with Crippen molar-refractivity contribution in [1.29, 1.82) is 0 Å². The number of anilines is 2. The number of hydrogen-bond acceptors (Lipinski definition) is 4. The van der Waals surface area contributed by atoms with Gasteiger partial charge in [0.1, 0.15) is 5.82 Å². The third-order valence-corrected chi connectivity index (χ3v) is 3.01. The number of hydrogen-bond donors (Lipinski definition) is 1. The summed E-state index contributed by atoms with van der Waals surface area (Å²) in [5.74, 6) is 0.488. The zero-order valence-electron chi connectivity index (χ0n) is 11.8. The largest absolute Gasteiger partial charge is 0.330 e. The Balaban J connectivity index is 2.44. The minimum Gasteiger partial charge on any atom is -0.330 e. The van der Waals surface area contributed by atoms with Crippen LogP contribution >= 0.6 is 0 Å². The Morgan fingerprint density at radius 2 is 2.10 bits per heavy atom. The number of nitrogens with zero attached hydrogens (tertiary/aromatic N) is 3. The molecule has 5 heteroatoms. The second kappa shape index (κ2) is 6.43. The van der Waals surface area contributed by atoms with Crippen LogP contribution in [-0.2, 0) is 0 Å². The van der Waals surface area contributed by atoms with Gasteiger partial charge in [0, 0.05) is 18.4 Å². The molecule has 20 heavy (non-hydrogen) atoms. The monoisotopic (exact) mass is 274 g/mol. The smallest absolute Gasteiger partial charge is 0.154 e. The molecule has 1 heterocycles. The van der Waals surface area contributed by atoms with E-state index >= 15 is 0 Å². The molecule has 1 aromatic carbocycles. The van der Waals surface area contributed by atoms with Gasteiger partial charge < -0.3 is 10.6 Å². The summed E-state index contributed by atoms with van der Waals surface area (Å²) in [4.78, 5) is 10.8. The highest BCUT2D eigenvalue weighted by molar-refractivity contribution is 5.61. The third-order valence-electron chi connectivity index (χ3n) is 3.01. The molecule has 0 bridgehead atoms. The summed E-state index contributed by atoms with van der Waals surface area (Å²) in [5.41, 5.74) is 8.01. The molecule has 0 aliphatic carbocycles. The lowest BCUT2D eigenvalue weighted by Gasteiger charge is -2.25. The molecule has 0 radical (unpaired) electrons. The van der Waals surface area contributed by atoms with Gasteiger partial charge in [0.25, 0.3) is 0 Å². The minimum atomic E-state index is -0.265. The van der Waals surface area contributed by atoms with E-state index in [9.17, 15) is 4.39 Å². The van der Waals surface area contributed by atoms with Gasteiger partial charge in [0.05, 0.1) is 11.4 Å². The Bertz CT molecular complexity index is 586. The Morgan fingerprint density at radius 1 is 1.30 bits per heavy atom. The predicted octanol–water partition coefficient (Wildman–Crippen LogP) is 2.72. The van der Waals surface area contributed by atoms with Crippen molar-refractivity contribution in [2.24, 2.45) is 5.73 Å². The van der Waals surface area contributed by atoms with E-state index in [1.165, 1.54) is 12.1 Å². The van der Waals surface area contributed by atoms with E-state index < -0.39 is 0 Å². The molecule has 0 fully saturated rings. The summed E-state index contributed by atoms with van der Waals surface area (Å²) in [6, 6.07) is 6.49. The standard InChI is InChI=1S/C15H19FN4/c1-11-10-18-12(2)15(19-11)20(8-4-7-17)14-6-3-5-13(16)9-14/h3,5-6,9-10H,4,7-8,17H2,1-2H3. The number of halogens is 1. The van der Waals surface area contributed by atoms with E-state index in [4.69, 9.17) is 5.73 Å². The van der Waals surface area contributed by atoms with Crippen LogP contribution < -0.4 is 10.6 Å². The van der Waals surface area contributed by atoms with Crippen LogP contribution in [0.2, 0.25) is 0 Å². The molecule has 4 nitrogen and oxygen atoms in total. The summed E-state index contributed by atoms with van der Waals surface area (Å²) in [6.07, 6.45) is 2.52. The lowest BCUT2D eigenvalue weighted by molar-refractivity contribution is 0.627. The average molecular weight is 274 g/mol. The molecule has 0 saturated heterocycles. The molecule has 106 valence electrons. The van der Waals surface area contributed by atoms with Crippen LogP contribution in [0.5, 0.6) is 0 Å². The Labute approximate surface area is 118 Å². The summed E-state index contributed by atoms with van der Waals surface area (Å²) in [7, 11) is 0. The van der Waals surface area contributed by atoms with E-state index in [-0.39, 0.29) is 5.82 Å². The lowest BCUT2D eigenvalue weighted by Crippen LogP contribution is -2.23. The van der Waals surface area contributed by atoms with Crippen molar-refractivity contribution >= 4 is 11.5 Å². The second-order valence-electron chi connectivity index (χ2n) is 4.69. The van der Waals surface area contributed by atoms with Gasteiger partial charge in [-0.3, -0.25) is 4.98 Å². The maximum Gasteiger partial charge on any atom is 0.154 e. The van der Waals surface area contributed by atoms with Crippen LogP contribution in [0.4, 0.5) is 15.9 Å². The first-order chi connectivity index (χ1) is 9.61. The summed E-state index contributed by atoms with van der Waals surface area (Å²) < 4.78 is 13.5. The van der Waals surface area contributed by atoms with E-state index in [0.717, 1.165) is 29.3 Å². The summed E-state index contributed by atoms with van der Waals surface area (Å²) >= 11 is 0. The van der Waals surface area contributed by atoms with Crippen molar-refractivity contribution in [3.05, 3.63) is 47.7 Å². The van der Waals surface area contributed by atoms with Crippen molar-refractivity contribution in [1.82, 2.24) is 9.97 Å². The van der Waals surface area contributed by atoms with Crippen molar-refractivity contribution in [2.45, 2.75) is 20.3 Å². The molecule has 2 rings (SSSR count).